The van der Waals surface area contributed by atoms with Crippen LogP contribution in [-0.4, -0.2) is 78.5 Å². The molecule has 0 aliphatic carbocycles. The Balaban J connectivity index is 1.63. The summed E-state index contributed by atoms with van der Waals surface area (Å²) in [7, 11) is 0. The molecule has 45 heavy (non-hydrogen) atoms. The highest BCUT2D eigenvalue weighted by atomic mass is 35.5. The smallest absolute Gasteiger partial charge is 0.410 e. The van der Waals surface area contributed by atoms with Crippen LogP contribution in [0.2, 0.25) is 5.02 Å². The fourth-order valence-electron chi connectivity index (χ4n) is 5.77. The standard InChI is InChI=1S/C31H33ClFN7O5/c1-15(2)23-25(16(3)34-14-35-23)40-28-21-26(22(32)24(36-28)20-18(33)8-7-9-19(20)41)44-13-17-12-38(30(43)45-31(4,5)6)10-11-39(17)27(21)37-29(40)42/h7-9,14-15,17,41H,10-13H2,1-6H3/t17-/m1/s1. The number of halogens is 2. The summed E-state index contributed by atoms with van der Waals surface area (Å²) in [5.41, 5.74) is -0.162. The van der Waals surface area contributed by atoms with E-state index in [1.807, 2.05) is 18.7 Å². The van der Waals surface area contributed by atoms with Crippen LogP contribution in [0.4, 0.5) is 15.0 Å². The number of aryl methyl sites for hydroxylation is 1. The van der Waals surface area contributed by atoms with Crippen LogP contribution in [0.3, 0.4) is 0 Å². The molecule has 0 bridgehead atoms. The van der Waals surface area contributed by atoms with Gasteiger partial charge < -0.3 is 24.4 Å². The topological polar surface area (TPSA) is 136 Å². The summed E-state index contributed by atoms with van der Waals surface area (Å²) in [6, 6.07) is 3.43. The molecule has 0 saturated carbocycles. The minimum absolute atomic E-state index is 0.0517. The van der Waals surface area contributed by atoms with Crippen LogP contribution in [0.1, 0.15) is 51.9 Å². The van der Waals surface area contributed by atoms with Crippen LogP contribution >= 0.6 is 11.6 Å². The molecule has 0 spiro atoms. The number of hydrogen-bond acceptors (Lipinski definition) is 10. The number of amides is 1. The van der Waals surface area contributed by atoms with Gasteiger partial charge in [-0.3, -0.25) is 0 Å². The number of aromatic hydroxyl groups is 1. The number of ether oxygens (including phenoxy) is 2. The van der Waals surface area contributed by atoms with Crippen molar-refractivity contribution in [1.82, 2.24) is 29.4 Å². The number of anilines is 1. The van der Waals surface area contributed by atoms with Gasteiger partial charge in [-0.25, -0.2) is 33.5 Å². The van der Waals surface area contributed by atoms with E-state index in [1.54, 1.807) is 32.6 Å². The Morgan fingerprint density at radius 1 is 1.20 bits per heavy atom. The summed E-state index contributed by atoms with van der Waals surface area (Å²) < 4.78 is 28.5. The first-order valence-electron chi connectivity index (χ1n) is 14.6. The summed E-state index contributed by atoms with van der Waals surface area (Å²) in [6.45, 7) is 11.9. The first-order valence-corrected chi connectivity index (χ1v) is 15.0. The Bertz CT molecular complexity index is 1890. The van der Waals surface area contributed by atoms with Crippen molar-refractivity contribution in [2.75, 3.05) is 31.1 Å². The summed E-state index contributed by atoms with van der Waals surface area (Å²) >= 11 is 6.94. The van der Waals surface area contributed by atoms with E-state index in [2.05, 4.69) is 15.0 Å². The second-order valence-electron chi connectivity index (χ2n) is 12.4. The lowest BCUT2D eigenvalue weighted by molar-refractivity contribution is 0.0202. The van der Waals surface area contributed by atoms with Gasteiger partial charge in [0.2, 0.25) is 0 Å². The highest BCUT2D eigenvalue weighted by Gasteiger charge is 2.39. The summed E-state index contributed by atoms with van der Waals surface area (Å²) in [4.78, 5) is 48.7. The molecule has 1 atom stereocenters. The van der Waals surface area contributed by atoms with Gasteiger partial charge in [-0.2, -0.15) is 4.98 Å². The van der Waals surface area contributed by atoms with E-state index < -0.39 is 29.2 Å². The minimum atomic E-state index is -0.764. The first kappa shape index (κ1) is 30.5. The molecule has 1 fully saturated rings. The molecule has 1 N–H and O–H groups in total. The number of phenols is 1. The van der Waals surface area contributed by atoms with Crippen LogP contribution in [0.15, 0.2) is 29.3 Å². The van der Waals surface area contributed by atoms with Gasteiger partial charge in [0, 0.05) is 19.6 Å². The van der Waals surface area contributed by atoms with Crippen molar-refractivity contribution in [2.45, 2.75) is 59.1 Å². The molecule has 14 heteroatoms. The van der Waals surface area contributed by atoms with Crippen LogP contribution in [-0.2, 0) is 4.74 Å². The highest BCUT2D eigenvalue weighted by molar-refractivity contribution is 6.36. The molecule has 236 valence electrons. The SMILES string of the molecule is Cc1ncnc(C(C)C)c1-n1c(=O)nc2c3c(c(Cl)c(-c4c(O)cccc4F)nc31)OC[C@H]1CN(C(=O)OC(C)(C)C)CCN21. The molecule has 12 nitrogen and oxygen atoms in total. The van der Waals surface area contributed by atoms with Gasteiger partial charge in [0.25, 0.3) is 0 Å². The molecule has 0 radical (unpaired) electrons. The van der Waals surface area contributed by atoms with Crippen molar-refractivity contribution in [3.63, 3.8) is 0 Å². The van der Waals surface area contributed by atoms with Gasteiger partial charge in [-0.1, -0.05) is 31.5 Å². The van der Waals surface area contributed by atoms with E-state index in [0.29, 0.717) is 35.6 Å². The zero-order chi connectivity index (χ0) is 32.4. The summed E-state index contributed by atoms with van der Waals surface area (Å²) in [5.74, 6) is -0.871. The number of nitrogens with zero attached hydrogens (tertiary/aromatic N) is 7. The Labute approximate surface area is 263 Å². The average molecular weight is 638 g/mol. The lowest BCUT2D eigenvalue weighted by Crippen LogP contribution is -2.57. The number of phenolic OH excluding ortho intramolecular Hbond substituents is 1. The fraction of sp³-hybridized carbons (Fsp3) is 0.419. The number of carbonyl (C=O) groups excluding carboxylic acids is 1. The number of piperazine rings is 1. The van der Waals surface area contributed by atoms with Gasteiger partial charge in [0.15, 0.2) is 11.4 Å². The Morgan fingerprint density at radius 3 is 2.64 bits per heavy atom. The van der Waals surface area contributed by atoms with Crippen molar-refractivity contribution in [1.29, 1.82) is 0 Å². The molecule has 2 aliphatic heterocycles. The summed E-state index contributed by atoms with van der Waals surface area (Å²) in [6.07, 6.45) is 0.962. The third-order valence-electron chi connectivity index (χ3n) is 7.76. The number of fused-ring (bicyclic) bond motifs is 2. The van der Waals surface area contributed by atoms with Crippen LogP contribution < -0.4 is 15.3 Å². The molecule has 1 amide bonds. The molecular formula is C31H33ClFN7O5. The van der Waals surface area contributed by atoms with E-state index in [4.69, 9.17) is 26.1 Å². The molecule has 2 aliphatic rings. The lowest BCUT2D eigenvalue weighted by atomic mass is 10.1. The third-order valence-corrected chi connectivity index (χ3v) is 8.11. The molecule has 5 heterocycles. The normalized spacial score (nSPS) is 16.4. The van der Waals surface area contributed by atoms with E-state index >= 15 is 4.39 Å². The molecule has 6 rings (SSSR count). The number of benzene rings is 1. The maximum Gasteiger partial charge on any atom is 0.410 e. The van der Waals surface area contributed by atoms with E-state index in [0.717, 1.165) is 0 Å². The molecule has 0 unspecified atom stereocenters. The largest absolute Gasteiger partial charge is 0.507 e. The molecule has 3 aromatic heterocycles. The fourth-order valence-corrected chi connectivity index (χ4v) is 6.06. The third kappa shape index (κ3) is 5.28. The van der Waals surface area contributed by atoms with Crippen molar-refractivity contribution in [3.05, 3.63) is 57.2 Å². The molecular weight excluding hydrogens is 605 g/mol. The van der Waals surface area contributed by atoms with Crippen molar-refractivity contribution >= 4 is 34.5 Å². The van der Waals surface area contributed by atoms with Crippen LogP contribution in [0.5, 0.6) is 11.5 Å². The van der Waals surface area contributed by atoms with Crippen molar-refractivity contribution in [2.24, 2.45) is 0 Å². The molecule has 1 aromatic carbocycles. The number of rotatable bonds is 3. The highest BCUT2D eigenvalue weighted by Crippen LogP contribution is 2.47. The second-order valence-corrected chi connectivity index (χ2v) is 12.8. The predicted octanol–water partition coefficient (Wildman–Crippen LogP) is 4.99. The maximum atomic E-state index is 15.3. The van der Waals surface area contributed by atoms with Crippen LogP contribution in [0, 0.1) is 12.7 Å². The first-order chi connectivity index (χ1) is 21.3. The zero-order valence-electron chi connectivity index (χ0n) is 25.8. The number of carbonyl (C=O) groups is 1. The lowest BCUT2D eigenvalue weighted by Gasteiger charge is -2.41. The number of hydrogen-bond donors (Lipinski definition) is 1. The second kappa shape index (κ2) is 11.1. The van der Waals surface area contributed by atoms with Gasteiger partial charge in [0.1, 0.15) is 52.0 Å². The predicted molar refractivity (Wildman–Crippen MR) is 166 cm³/mol. The minimum Gasteiger partial charge on any atom is -0.507 e. The van der Waals surface area contributed by atoms with E-state index in [-0.39, 0.29) is 58.3 Å². The van der Waals surface area contributed by atoms with Crippen molar-refractivity contribution < 1.29 is 23.8 Å². The Hall–Kier alpha value is -4.52. The van der Waals surface area contributed by atoms with E-state index in [1.165, 1.54) is 29.1 Å². The van der Waals surface area contributed by atoms with Gasteiger partial charge in [-0.15, -0.1) is 0 Å². The Morgan fingerprint density at radius 2 is 1.96 bits per heavy atom. The molecule has 1 saturated heterocycles. The number of aromatic nitrogens is 5. The van der Waals surface area contributed by atoms with Crippen LogP contribution in [0.25, 0.3) is 28.0 Å². The quantitative estimate of drug-likeness (QED) is 0.327. The zero-order valence-corrected chi connectivity index (χ0v) is 26.5. The van der Waals surface area contributed by atoms with Crippen molar-refractivity contribution in [3.8, 4) is 28.4 Å². The average Bonchev–Trinajstić information content (AvgIpc) is 3.12. The van der Waals surface area contributed by atoms with Gasteiger partial charge in [-0.05, 0) is 45.7 Å². The van der Waals surface area contributed by atoms with Gasteiger partial charge >= 0.3 is 11.8 Å². The monoisotopic (exact) mass is 637 g/mol. The molecule has 4 aromatic rings. The number of pyridine rings is 1. The van der Waals surface area contributed by atoms with E-state index in [9.17, 15) is 14.7 Å². The Kier molecular flexibility index (Phi) is 7.54. The summed E-state index contributed by atoms with van der Waals surface area (Å²) in [5, 5.41) is 11.0. The van der Waals surface area contributed by atoms with Gasteiger partial charge in [0.05, 0.1) is 28.7 Å². The maximum absolute atomic E-state index is 15.3.